The molecule has 4 rings (SSSR count). The van der Waals surface area contributed by atoms with Crippen LogP contribution in [0, 0.1) is 0 Å². The van der Waals surface area contributed by atoms with Crippen molar-refractivity contribution in [2.24, 2.45) is 0 Å². The second-order valence-electron chi connectivity index (χ2n) is 9.06. The van der Waals surface area contributed by atoms with Crippen LogP contribution in [-0.2, 0) is 17.8 Å². The zero-order valence-electron chi connectivity index (χ0n) is 21.0. The van der Waals surface area contributed by atoms with E-state index in [1.165, 1.54) is 12.3 Å². The van der Waals surface area contributed by atoms with Crippen LogP contribution in [0.15, 0.2) is 36.5 Å². The topological polar surface area (TPSA) is 138 Å². The number of carbonyl (C=O) groups is 2. The van der Waals surface area contributed by atoms with E-state index >= 15 is 0 Å². The monoisotopic (exact) mass is 560 g/mol. The fraction of sp³-hybridized carbons (Fsp3) is 0.440. The first-order chi connectivity index (χ1) is 18.4. The van der Waals surface area contributed by atoms with Crippen LogP contribution in [0.4, 0.5) is 0 Å². The first kappa shape index (κ1) is 27.7. The highest BCUT2D eigenvalue weighted by atomic mass is 35.5. The van der Waals surface area contributed by atoms with Crippen LogP contribution in [-0.4, -0.2) is 74.1 Å². The molecule has 1 atom stereocenters. The smallest absolute Gasteiger partial charge is 0.261 e. The van der Waals surface area contributed by atoms with Gasteiger partial charge in [0.15, 0.2) is 6.10 Å². The van der Waals surface area contributed by atoms with E-state index in [1.807, 2.05) is 19.1 Å². The first-order valence-electron chi connectivity index (χ1n) is 12.5. The molecule has 38 heavy (non-hydrogen) atoms. The highest BCUT2D eigenvalue weighted by Crippen LogP contribution is 2.26. The van der Waals surface area contributed by atoms with E-state index < -0.39 is 6.10 Å². The molecule has 0 radical (unpaired) electrons. The number of H-pyrrole nitrogens is 1. The van der Waals surface area contributed by atoms with E-state index in [2.05, 4.69) is 41.1 Å². The molecule has 1 aliphatic rings. The minimum Gasteiger partial charge on any atom is -0.463 e. The van der Waals surface area contributed by atoms with E-state index in [0.717, 1.165) is 50.3 Å². The van der Waals surface area contributed by atoms with Crippen LogP contribution in [0.5, 0.6) is 5.88 Å². The summed E-state index contributed by atoms with van der Waals surface area (Å²) in [6.45, 7) is 4.75. The Morgan fingerprint density at radius 1 is 1.24 bits per heavy atom. The van der Waals surface area contributed by atoms with Crippen molar-refractivity contribution in [1.82, 2.24) is 41.1 Å². The molecule has 0 bridgehead atoms. The molecule has 0 spiro atoms. The van der Waals surface area contributed by atoms with Crippen LogP contribution < -0.4 is 15.4 Å². The number of aromatic nitrogens is 5. The van der Waals surface area contributed by atoms with E-state index in [0.29, 0.717) is 17.0 Å². The zero-order chi connectivity index (χ0) is 26.9. The fourth-order valence-corrected chi connectivity index (χ4v) is 4.61. The van der Waals surface area contributed by atoms with Gasteiger partial charge in [-0.2, -0.15) is 0 Å². The summed E-state index contributed by atoms with van der Waals surface area (Å²) in [5.41, 5.74) is 1.36. The van der Waals surface area contributed by atoms with Crippen molar-refractivity contribution in [3.8, 4) is 5.88 Å². The Hall–Kier alpha value is -3.28. The number of piperidine rings is 1. The largest absolute Gasteiger partial charge is 0.463 e. The van der Waals surface area contributed by atoms with Crippen LogP contribution >= 0.6 is 23.2 Å². The van der Waals surface area contributed by atoms with E-state index in [-0.39, 0.29) is 35.3 Å². The van der Waals surface area contributed by atoms with Gasteiger partial charge in [-0.05, 0) is 53.5 Å². The van der Waals surface area contributed by atoms with Gasteiger partial charge < -0.3 is 20.3 Å². The number of pyridine rings is 1. The van der Waals surface area contributed by atoms with Crippen molar-refractivity contribution < 1.29 is 14.3 Å². The summed E-state index contributed by atoms with van der Waals surface area (Å²) in [6.07, 6.45) is 3.58. The van der Waals surface area contributed by atoms with Gasteiger partial charge in [-0.3, -0.25) is 9.59 Å². The number of nitrogens with one attached hydrogen (secondary N) is 3. The third-order valence-electron chi connectivity index (χ3n) is 6.32. The van der Waals surface area contributed by atoms with Gasteiger partial charge in [-0.15, -0.1) is 5.10 Å². The second kappa shape index (κ2) is 13.5. The number of hydrogen-bond acceptors (Lipinski definition) is 8. The number of benzene rings is 1. The SMILES string of the molecule is CC[C@@H](Oc1ncc(Cl)cc1Cl)C(=O)NCc1cccc(C(=O)NC2CCN(CCc3nnn[nH]3)CC2)c1. The van der Waals surface area contributed by atoms with Crippen molar-refractivity contribution in [3.05, 3.63) is 63.5 Å². The molecule has 0 aliphatic carbocycles. The third-order valence-corrected chi connectivity index (χ3v) is 6.80. The van der Waals surface area contributed by atoms with Gasteiger partial charge in [0.2, 0.25) is 5.88 Å². The Balaban J connectivity index is 1.23. The highest BCUT2D eigenvalue weighted by molar-refractivity contribution is 6.35. The number of aromatic amines is 1. The molecule has 11 nitrogen and oxygen atoms in total. The number of halogens is 2. The predicted octanol–water partition coefficient (Wildman–Crippen LogP) is 2.81. The van der Waals surface area contributed by atoms with Gasteiger partial charge in [-0.1, -0.05) is 42.3 Å². The summed E-state index contributed by atoms with van der Waals surface area (Å²) >= 11 is 12.0. The molecule has 3 N–H and O–H groups in total. The molecule has 1 saturated heterocycles. The summed E-state index contributed by atoms with van der Waals surface area (Å²) in [5, 5.41) is 20.5. The lowest BCUT2D eigenvalue weighted by atomic mass is 10.0. The molecule has 0 saturated carbocycles. The normalized spacial score (nSPS) is 15.1. The summed E-state index contributed by atoms with van der Waals surface area (Å²) in [6, 6.07) is 8.85. The van der Waals surface area contributed by atoms with Gasteiger partial charge in [0, 0.05) is 50.4 Å². The number of nitrogens with zero attached hydrogens (tertiary/aromatic N) is 5. The lowest BCUT2D eigenvalue weighted by Gasteiger charge is -2.32. The molecule has 1 aromatic carbocycles. The summed E-state index contributed by atoms with van der Waals surface area (Å²) in [4.78, 5) is 32.0. The maximum atomic E-state index is 12.9. The van der Waals surface area contributed by atoms with Gasteiger partial charge in [0.1, 0.15) is 10.8 Å². The third kappa shape index (κ3) is 7.86. The molecule has 3 heterocycles. The van der Waals surface area contributed by atoms with E-state index in [4.69, 9.17) is 27.9 Å². The molecule has 3 aromatic rings. The minimum atomic E-state index is -0.772. The van der Waals surface area contributed by atoms with Gasteiger partial charge in [0.25, 0.3) is 11.8 Å². The van der Waals surface area contributed by atoms with Crippen LogP contribution in [0.2, 0.25) is 10.0 Å². The molecule has 2 amide bonds. The van der Waals surface area contributed by atoms with Gasteiger partial charge >= 0.3 is 0 Å². The van der Waals surface area contributed by atoms with Crippen molar-refractivity contribution in [3.63, 3.8) is 0 Å². The number of carbonyl (C=O) groups excluding carboxylic acids is 2. The van der Waals surface area contributed by atoms with Crippen LogP contribution in [0.1, 0.15) is 47.9 Å². The highest BCUT2D eigenvalue weighted by Gasteiger charge is 2.22. The molecule has 1 aliphatic heterocycles. The molecule has 202 valence electrons. The maximum absolute atomic E-state index is 12.9. The summed E-state index contributed by atoms with van der Waals surface area (Å²) in [5.74, 6) is 0.496. The lowest BCUT2D eigenvalue weighted by molar-refractivity contribution is -0.128. The quantitative estimate of drug-likeness (QED) is 0.325. The van der Waals surface area contributed by atoms with Crippen molar-refractivity contribution in [2.75, 3.05) is 19.6 Å². The predicted molar refractivity (Wildman–Crippen MR) is 142 cm³/mol. The Labute approximate surface area is 230 Å². The fourth-order valence-electron chi connectivity index (χ4n) is 4.19. The summed E-state index contributed by atoms with van der Waals surface area (Å²) < 4.78 is 5.70. The maximum Gasteiger partial charge on any atom is 0.261 e. The van der Waals surface area contributed by atoms with Crippen LogP contribution in [0.3, 0.4) is 0 Å². The average molecular weight is 561 g/mol. The standard InChI is InChI=1S/C25H30Cl2N8O3/c1-2-21(38-25-20(27)13-18(26)15-29-25)24(37)28-14-16-4-3-5-17(12-16)23(36)30-19-6-9-35(10-7-19)11-8-22-31-33-34-32-22/h3-5,12-13,15,19,21H,2,6-11,14H2,1H3,(H,28,37)(H,30,36)(H,31,32,33,34)/t21-/m1/s1. The Morgan fingerprint density at radius 2 is 2.05 bits per heavy atom. The number of rotatable bonds is 11. The van der Waals surface area contributed by atoms with Crippen LogP contribution in [0.25, 0.3) is 0 Å². The number of ether oxygens (including phenoxy) is 1. The molecular weight excluding hydrogens is 531 g/mol. The lowest BCUT2D eigenvalue weighted by Crippen LogP contribution is -2.45. The molecule has 0 unspecified atom stereocenters. The molecular formula is C25H30Cl2N8O3. The zero-order valence-corrected chi connectivity index (χ0v) is 22.5. The number of tetrazole rings is 1. The van der Waals surface area contributed by atoms with Crippen molar-refractivity contribution >= 4 is 35.0 Å². The van der Waals surface area contributed by atoms with Crippen molar-refractivity contribution in [2.45, 2.75) is 51.3 Å². The van der Waals surface area contributed by atoms with E-state index in [9.17, 15) is 9.59 Å². The molecule has 13 heteroatoms. The Kier molecular flexibility index (Phi) is 9.85. The Bertz CT molecular complexity index is 1220. The van der Waals surface area contributed by atoms with Gasteiger partial charge in [0.05, 0.1) is 5.02 Å². The molecule has 1 fully saturated rings. The van der Waals surface area contributed by atoms with Crippen molar-refractivity contribution in [1.29, 1.82) is 0 Å². The van der Waals surface area contributed by atoms with E-state index in [1.54, 1.807) is 12.1 Å². The first-order valence-corrected chi connectivity index (χ1v) is 13.3. The minimum absolute atomic E-state index is 0.116. The summed E-state index contributed by atoms with van der Waals surface area (Å²) in [7, 11) is 0. The Morgan fingerprint density at radius 3 is 2.76 bits per heavy atom. The number of amides is 2. The molecule has 2 aromatic heterocycles. The average Bonchev–Trinajstić information content (AvgIpc) is 3.45. The number of likely N-dealkylation sites (tertiary alicyclic amines) is 1. The number of hydrogen-bond donors (Lipinski definition) is 3. The second-order valence-corrected chi connectivity index (χ2v) is 9.90. The van der Waals surface area contributed by atoms with Gasteiger partial charge in [-0.25, -0.2) is 10.1 Å².